The number of amidine groups is 1. The number of hydrogen-bond donors (Lipinski definition) is 1. The van der Waals surface area contributed by atoms with Gasteiger partial charge in [-0.2, -0.15) is 0 Å². The molecule has 1 aromatic rings. The number of nitrogens with one attached hydrogen (secondary N) is 1. The van der Waals surface area contributed by atoms with Crippen LogP contribution in [-0.2, 0) is 12.8 Å². The summed E-state index contributed by atoms with van der Waals surface area (Å²) in [4.78, 5) is 28.1. The molecule has 1 aromatic carbocycles. The number of fused-ring (bicyclic) bond motifs is 2. The van der Waals surface area contributed by atoms with Gasteiger partial charge in [0.1, 0.15) is 11.7 Å². The molecule has 0 unspecified atom stereocenters. The van der Waals surface area contributed by atoms with Crippen LogP contribution in [0.15, 0.2) is 40.1 Å². The lowest BCUT2D eigenvalue weighted by molar-refractivity contribution is 0.167. The van der Waals surface area contributed by atoms with Gasteiger partial charge in [0.15, 0.2) is 0 Å². The highest BCUT2D eigenvalue weighted by Gasteiger charge is 2.27. The maximum Gasteiger partial charge on any atom is 0.321 e. The molecule has 0 aromatic heterocycles. The average Bonchev–Trinajstić information content (AvgIpc) is 3.32. The number of hydrogen-bond acceptors (Lipinski definition) is 5. The summed E-state index contributed by atoms with van der Waals surface area (Å²) >= 11 is 0. The Balaban J connectivity index is 1.18. The molecule has 1 aliphatic carbocycles. The second kappa shape index (κ2) is 6.96. The monoisotopic (exact) mass is 378 g/mol. The number of nitrogens with zero attached hydrogens (tertiary/aromatic N) is 5. The van der Waals surface area contributed by atoms with Crippen molar-refractivity contribution < 1.29 is 4.79 Å². The van der Waals surface area contributed by atoms with Gasteiger partial charge in [-0.3, -0.25) is 4.99 Å². The largest absolute Gasteiger partial charge is 0.353 e. The van der Waals surface area contributed by atoms with Crippen LogP contribution in [0.25, 0.3) is 0 Å². The first kappa shape index (κ1) is 17.3. The maximum absolute atomic E-state index is 12.7. The van der Waals surface area contributed by atoms with Gasteiger partial charge in [0, 0.05) is 44.5 Å². The molecule has 28 heavy (non-hydrogen) atoms. The van der Waals surface area contributed by atoms with E-state index < -0.39 is 0 Å². The molecule has 3 aliphatic heterocycles. The first-order valence-corrected chi connectivity index (χ1v) is 10.2. The molecule has 7 heteroatoms. The van der Waals surface area contributed by atoms with E-state index in [1.807, 2.05) is 17.3 Å². The van der Waals surface area contributed by atoms with E-state index in [0.29, 0.717) is 19.1 Å². The minimum absolute atomic E-state index is 0.0149. The first-order chi connectivity index (χ1) is 13.7. The van der Waals surface area contributed by atoms with Crippen LogP contribution in [0.3, 0.4) is 0 Å². The van der Waals surface area contributed by atoms with Crippen LogP contribution in [0.4, 0.5) is 10.5 Å². The van der Waals surface area contributed by atoms with Crippen LogP contribution in [0.5, 0.6) is 0 Å². The minimum atomic E-state index is -0.0149. The molecule has 1 fully saturated rings. The van der Waals surface area contributed by atoms with E-state index in [9.17, 15) is 4.79 Å². The Morgan fingerprint density at radius 1 is 1.14 bits per heavy atom. The van der Waals surface area contributed by atoms with Gasteiger partial charge in [-0.25, -0.2) is 9.79 Å². The number of amides is 2. The number of aliphatic imine (C=N–C) groups is 2. The van der Waals surface area contributed by atoms with Gasteiger partial charge in [0.05, 0.1) is 12.4 Å². The normalized spacial score (nSPS) is 23.3. The second-order valence-corrected chi connectivity index (χ2v) is 7.98. The number of carbonyl (C=O) groups excluding carboxylic acids is 1. The highest BCUT2D eigenvalue weighted by Crippen LogP contribution is 2.25. The molecule has 0 saturated carbocycles. The van der Waals surface area contributed by atoms with Crippen LogP contribution in [0.1, 0.15) is 24.5 Å². The number of benzene rings is 1. The SMILES string of the molecule is C[C@H]1CN2C=NC(N3CCN(C(=O)Nc4ccc5c(c4)CCC5)CC3)=CC2=N1. The fourth-order valence-corrected chi connectivity index (χ4v) is 4.39. The summed E-state index contributed by atoms with van der Waals surface area (Å²) in [7, 11) is 0. The highest BCUT2D eigenvalue weighted by atomic mass is 16.2. The van der Waals surface area contributed by atoms with Crippen molar-refractivity contribution in [2.75, 3.05) is 38.0 Å². The molecule has 1 N–H and O–H groups in total. The fourth-order valence-electron chi connectivity index (χ4n) is 4.39. The lowest BCUT2D eigenvalue weighted by atomic mass is 10.1. The molecule has 4 aliphatic rings. The molecule has 5 rings (SSSR count). The lowest BCUT2D eigenvalue weighted by Gasteiger charge is -2.36. The van der Waals surface area contributed by atoms with Gasteiger partial charge in [0.2, 0.25) is 0 Å². The number of urea groups is 1. The van der Waals surface area contributed by atoms with Gasteiger partial charge in [-0.15, -0.1) is 0 Å². The number of aryl methyl sites for hydroxylation is 2. The molecule has 0 bridgehead atoms. The van der Waals surface area contributed by atoms with Crippen LogP contribution in [-0.4, -0.2) is 71.7 Å². The Morgan fingerprint density at radius 3 is 2.82 bits per heavy atom. The molecule has 2 amide bonds. The van der Waals surface area contributed by atoms with Crippen molar-refractivity contribution in [2.45, 2.75) is 32.2 Å². The molecular formula is C21H26N6O. The van der Waals surface area contributed by atoms with Gasteiger partial charge >= 0.3 is 6.03 Å². The molecule has 7 nitrogen and oxygen atoms in total. The molecule has 146 valence electrons. The van der Waals surface area contributed by atoms with Gasteiger partial charge in [-0.1, -0.05) is 6.07 Å². The fraction of sp³-hybridized carbons (Fsp3) is 0.476. The van der Waals surface area contributed by atoms with Crippen molar-refractivity contribution in [3.63, 3.8) is 0 Å². The number of carbonyl (C=O) groups is 1. The van der Waals surface area contributed by atoms with E-state index in [4.69, 9.17) is 0 Å². The van der Waals surface area contributed by atoms with Crippen molar-refractivity contribution in [1.82, 2.24) is 14.7 Å². The third kappa shape index (κ3) is 3.25. The molecule has 1 saturated heterocycles. The smallest absolute Gasteiger partial charge is 0.321 e. The van der Waals surface area contributed by atoms with E-state index in [1.165, 1.54) is 17.5 Å². The molecule has 1 atom stereocenters. The Labute approximate surface area is 165 Å². The topological polar surface area (TPSA) is 63.5 Å². The van der Waals surface area contributed by atoms with E-state index in [2.05, 4.69) is 50.2 Å². The number of rotatable bonds is 2. The number of anilines is 1. The summed E-state index contributed by atoms with van der Waals surface area (Å²) in [5.41, 5.74) is 3.71. The Bertz CT molecular complexity index is 881. The van der Waals surface area contributed by atoms with E-state index in [1.54, 1.807) is 0 Å². The number of piperazine rings is 1. The summed E-state index contributed by atoms with van der Waals surface area (Å²) in [5.74, 6) is 1.94. The van der Waals surface area contributed by atoms with Gasteiger partial charge < -0.3 is 20.0 Å². The molecule has 0 radical (unpaired) electrons. The zero-order valence-electron chi connectivity index (χ0n) is 16.3. The van der Waals surface area contributed by atoms with Crippen molar-refractivity contribution in [2.24, 2.45) is 9.98 Å². The van der Waals surface area contributed by atoms with Crippen molar-refractivity contribution in [3.8, 4) is 0 Å². The van der Waals surface area contributed by atoms with E-state index in [0.717, 1.165) is 49.8 Å². The Kier molecular flexibility index (Phi) is 4.30. The van der Waals surface area contributed by atoms with Crippen molar-refractivity contribution in [3.05, 3.63) is 41.2 Å². The zero-order chi connectivity index (χ0) is 19.1. The maximum atomic E-state index is 12.7. The molecule has 3 heterocycles. The van der Waals surface area contributed by atoms with Crippen LogP contribution in [0, 0.1) is 0 Å². The van der Waals surface area contributed by atoms with Crippen LogP contribution < -0.4 is 5.32 Å². The predicted molar refractivity (Wildman–Crippen MR) is 111 cm³/mol. The van der Waals surface area contributed by atoms with Crippen molar-refractivity contribution in [1.29, 1.82) is 0 Å². The van der Waals surface area contributed by atoms with Gasteiger partial charge in [0.25, 0.3) is 0 Å². The van der Waals surface area contributed by atoms with Crippen LogP contribution >= 0.6 is 0 Å². The third-order valence-electron chi connectivity index (χ3n) is 5.94. The van der Waals surface area contributed by atoms with E-state index in [-0.39, 0.29) is 6.03 Å². The second-order valence-electron chi connectivity index (χ2n) is 7.98. The van der Waals surface area contributed by atoms with Crippen LogP contribution in [0.2, 0.25) is 0 Å². The summed E-state index contributed by atoms with van der Waals surface area (Å²) in [6.07, 6.45) is 7.44. The van der Waals surface area contributed by atoms with Gasteiger partial charge in [-0.05, 0) is 49.4 Å². The standard InChI is InChI=1S/C21H26N6O/c1-15-13-27-14-22-19(12-20(27)23-15)25-7-9-26(10-8-25)21(28)24-18-6-5-16-3-2-4-17(16)11-18/h5-6,11-12,14-15H,2-4,7-10,13H2,1H3,(H,24,28)/t15-/m0/s1. The highest BCUT2D eigenvalue weighted by molar-refractivity contribution is 6.03. The summed E-state index contributed by atoms with van der Waals surface area (Å²) < 4.78 is 0. The predicted octanol–water partition coefficient (Wildman–Crippen LogP) is 2.31. The molecule has 0 spiro atoms. The zero-order valence-corrected chi connectivity index (χ0v) is 16.3. The quantitative estimate of drug-likeness (QED) is 0.859. The lowest BCUT2D eigenvalue weighted by Crippen LogP contribution is -2.49. The molecular weight excluding hydrogens is 352 g/mol. The minimum Gasteiger partial charge on any atom is -0.353 e. The summed E-state index contributed by atoms with van der Waals surface area (Å²) in [6.45, 7) is 5.96. The van der Waals surface area contributed by atoms with E-state index >= 15 is 0 Å². The Hall–Kier alpha value is -2.83. The third-order valence-corrected chi connectivity index (χ3v) is 5.94. The first-order valence-electron chi connectivity index (χ1n) is 10.2. The van der Waals surface area contributed by atoms with Crippen molar-refractivity contribution >= 4 is 23.9 Å². The summed E-state index contributed by atoms with van der Waals surface area (Å²) in [6, 6.07) is 6.61. The summed E-state index contributed by atoms with van der Waals surface area (Å²) in [5, 5.41) is 3.07. The average molecular weight is 378 g/mol. The Morgan fingerprint density at radius 2 is 1.96 bits per heavy atom.